The molecule has 14 heavy (non-hydrogen) atoms. The summed E-state index contributed by atoms with van der Waals surface area (Å²) < 4.78 is 49.2. The Hall–Kier alpha value is -1.60. The molecule has 0 fully saturated rings. The molecule has 0 aromatic carbocycles. The van der Waals surface area contributed by atoms with Crippen LogP contribution in [-0.4, -0.2) is 17.0 Å². The van der Waals surface area contributed by atoms with Gasteiger partial charge in [0, 0.05) is 7.05 Å². The van der Waals surface area contributed by atoms with Gasteiger partial charge in [-0.3, -0.25) is 0 Å². The second kappa shape index (κ2) is 3.28. The lowest BCUT2D eigenvalue weighted by Gasteiger charge is -2.10. The van der Waals surface area contributed by atoms with Gasteiger partial charge in [-0.25, -0.2) is 0 Å². The lowest BCUT2D eigenvalue weighted by molar-refractivity contribution is -0.139. The number of aromatic nitrogens is 2. The maximum absolute atomic E-state index is 12.8. The van der Waals surface area contributed by atoms with Crippen molar-refractivity contribution in [3.63, 3.8) is 0 Å². The highest BCUT2D eigenvalue weighted by Gasteiger charge is 2.38. The van der Waals surface area contributed by atoms with Crippen molar-refractivity contribution in [2.75, 3.05) is 18.1 Å². The summed E-state index contributed by atoms with van der Waals surface area (Å²) in [4.78, 5) is 6.14. The van der Waals surface area contributed by atoms with E-state index < -0.39 is 23.5 Å². The normalized spacial score (nSPS) is 11.5. The van der Waals surface area contributed by atoms with Crippen LogP contribution in [-0.2, 0) is 6.18 Å². The molecule has 1 heterocycles. The molecular weight excluding hydrogens is 204 g/mol. The van der Waals surface area contributed by atoms with E-state index in [1.807, 2.05) is 0 Å². The van der Waals surface area contributed by atoms with Crippen molar-refractivity contribution < 1.29 is 17.6 Å². The second-order valence-corrected chi connectivity index (χ2v) is 2.35. The van der Waals surface area contributed by atoms with Crippen molar-refractivity contribution in [3.8, 4) is 0 Å². The van der Waals surface area contributed by atoms with Crippen LogP contribution < -0.4 is 11.1 Å². The first-order chi connectivity index (χ1) is 6.36. The fourth-order valence-corrected chi connectivity index (χ4v) is 0.824. The Balaban J connectivity index is 3.33. The predicted octanol–water partition coefficient (Wildman–Crippen LogP) is 1.26. The Bertz CT molecular complexity index is 325. The summed E-state index contributed by atoms with van der Waals surface area (Å²) in [6, 6.07) is 0. The van der Waals surface area contributed by atoms with Crippen LogP contribution in [0, 0.1) is 5.95 Å². The Morgan fingerprint density at radius 2 is 1.86 bits per heavy atom. The smallest absolute Gasteiger partial charge is 0.383 e. The first-order valence-electron chi connectivity index (χ1n) is 3.44. The van der Waals surface area contributed by atoms with E-state index in [2.05, 4.69) is 15.3 Å². The zero-order chi connectivity index (χ0) is 10.9. The van der Waals surface area contributed by atoms with Gasteiger partial charge in [0.15, 0.2) is 5.56 Å². The first kappa shape index (κ1) is 10.5. The molecule has 0 saturated heterocycles. The maximum Gasteiger partial charge on any atom is 0.424 e. The van der Waals surface area contributed by atoms with Gasteiger partial charge in [-0.2, -0.15) is 27.5 Å². The minimum Gasteiger partial charge on any atom is -0.383 e. The molecule has 8 heteroatoms. The number of nitrogens with one attached hydrogen (secondary N) is 1. The molecule has 4 nitrogen and oxygen atoms in total. The van der Waals surface area contributed by atoms with Gasteiger partial charge in [0.25, 0.3) is 0 Å². The van der Waals surface area contributed by atoms with Gasteiger partial charge in [-0.1, -0.05) is 0 Å². The topological polar surface area (TPSA) is 63.8 Å². The number of rotatable bonds is 1. The minimum absolute atomic E-state index is 0.298. The molecule has 78 valence electrons. The number of nitrogen functional groups attached to an aromatic ring is 1. The molecule has 0 spiro atoms. The second-order valence-electron chi connectivity index (χ2n) is 2.35. The molecule has 0 bridgehead atoms. The average Bonchev–Trinajstić information content (AvgIpc) is 1.99. The predicted molar refractivity (Wildman–Crippen MR) is 41.0 cm³/mol. The number of nitrogens with zero attached hydrogens (tertiary/aromatic N) is 2. The molecule has 1 rings (SSSR count). The number of halogens is 4. The molecule has 3 N–H and O–H groups in total. The highest BCUT2D eigenvalue weighted by molar-refractivity contribution is 5.45. The summed E-state index contributed by atoms with van der Waals surface area (Å²) in [5, 5.41) is 2.28. The van der Waals surface area contributed by atoms with E-state index in [-0.39, 0.29) is 5.95 Å². The third-order valence-electron chi connectivity index (χ3n) is 1.40. The van der Waals surface area contributed by atoms with Gasteiger partial charge in [-0.05, 0) is 0 Å². The largest absolute Gasteiger partial charge is 0.424 e. The number of nitrogens with two attached hydrogens (primary N) is 1. The molecule has 0 aliphatic rings. The highest BCUT2D eigenvalue weighted by atomic mass is 19.4. The lowest BCUT2D eigenvalue weighted by atomic mass is 10.3. The summed E-state index contributed by atoms with van der Waals surface area (Å²) in [6.07, 6.45) is -4.89. The van der Waals surface area contributed by atoms with E-state index in [9.17, 15) is 17.6 Å². The first-order valence-corrected chi connectivity index (χ1v) is 3.44. The van der Waals surface area contributed by atoms with Crippen molar-refractivity contribution in [2.24, 2.45) is 0 Å². The number of hydrogen-bond acceptors (Lipinski definition) is 4. The fraction of sp³-hybridized carbons (Fsp3) is 0.333. The Kier molecular flexibility index (Phi) is 2.45. The zero-order valence-electron chi connectivity index (χ0n) is 6.98. The van der Waals surface area contributed by atoms with Crippen LogP contribution in [0.1, 0.15) is 5.56 Å². The van der Waals surface area contributed by atoms with Gasteiger partial charge < -0.3 is 11.1 Å². The van der Waals surface area contributed by atoms with Crippen molar-refractivity contribution >= 4 is 11.8 Å². The van der Waals surface area contributed by atoms with Crippen LogP contribution in [0.15, 0.2) is 0 Å². The number of anilines is 2. The molecule has 1 aromatic heterocycles. The SMILES string of the molecule is CNc1nc(N)c(C(F)(F)F)c(F)n1. The van der Waals surface area contributed by atoms with Gasteiger partial charge in [-0.15, -0.1) is 0 Å². The Morgan fingerprint density at radius 1 is 1.29 bits per heavy atom. The molecule has 0 aliphatic heterocycles. The van der Waals surface area contributed by atoms with Crippen molar-refractivity contribution in [3.05, 3.63) is 11.5 Å². The summed E-state index contributed by atoms with van der Waals surface area (Å²) in [6.45, 7) is 0. The summed E-state index contributed by atoms with van der Waals surface area (Å²) >= 11 is 0. The summed E-state index contributed by atoms with van der Waals surface area (Å²) in [7, 11) is 1.33. The molecule has 0 atom stereocenters. The Labute approximate surface area is 76.2 Å². The lowest BCUT2D eigenvalue weighted by Crippen LogP contribution is -2.16. The van der Waals surface area contributed by atoms with Crippen molar-refractivity contribution in [2.45, 2.75) is 6.18 Å². The van der Waals surface area contributed by atoms with E-state index in [0.717, 1.165) is 0 Å². The highest BCUT2D eigenvalue weighted by Crippen LogP contribution is 2.34. The Morgan fingerprint density at radius 3 is 2.21 bits per heavy atom. The maximum atomic E-state index is 12.8. The van der Waals surface area contributed by atoms with Crippen molar-refractivity contribution in [1.29, 1.82) is 0 Å². The van der Waals surface area contributed by atoms with Crippen LogP contribution in [0.4, 0.5) is 29.3 Å². The molecular formula is C6H6F4N4. The fourth-order valence-electron chi connectivity index (χ4n) is 0.824. The molecule has 0 saturated carbocycles. The summed E-state index contributed by atoms with van der Waals surface area (Å²) in [5.41, 5.74) is 3.29. The molecule has 0 radical (unpaired) electrons. The van der Waals surface area contributed by atoms with E-state index >= 15 is 0 Å². The standard InChI is InChI=1S/C6H6F4N4/c1-12-5-13-3(7)2(4(11)14-5)6(8,9)10/h1H3,(H3,11,12,13,14). The molecule has 0 unspecified atom stereocenters. The van der Waals surface area contributed by atoms with Gasteiger partial charge in [0.2, 0.25) is 11.9 Å². The monoisotopic (exact) mass is 210 g/mol. The van der Waals surface area contributed by atoms with E-state index in [0.29, 0.717) is 0 Å². The number of alkyl halides is 3. The van der Waals surface area contributed by atoms with Gasteiger partial charge in [0.05, 0.1) is 0 Å². The average molecular weight is 210 g/mol. The minimum atomic E-state index is -4.89. The van der Waals surface area contributed by atoms with Crippen LogP contribution in [0.25, 0.3) is 0 Å². The molecule has 0 aliphatic carbocycles. The van der Waals surface area contributed by atoms with Crippen LogP contribution in [0.5, 0.6) is 0 Å². The van der Waals surface area contributed by atoms with Crippen LogP contribution >= 0.6 is 0 Å². The zero-order valence-corrected chi connectivity index (χ0v) is 6.98. The van der Waals surface area contributed by atoms with Crippen LogP contribution in [0.2, 0.25) is 0 Å². The molecule has 1 aromatic rings. The van der Waals surface area contributed by atoms with E-state index in [1.165, 1.54) is 7.05 Å². The van der Waals surface area contributed by atoms with E-state index in [1.54, 1.807) is 0 Å². The van der Waals surface area contributed by atoms with Crippen molar-refractivity contribution in [1.82, 2.24) is 9.97 Å². The van der Waals surface area contributed by atoms with E-state index in [4.69, 9.17) is 5.73 Å². The van der Waals surface area contributed by atoms with Crippen LogP contribution in [0.3, 0.4) is 0 Å². The summed E-state index contributed by atoms with van der Waals surface area (Å²) in [5.74, 6) is -2.92. The quantitative estimate of drug-likeness (QED) is 0.541. The third kappa shape index (κ3) is 1.83. The third-order valence-corrected chi connectivity index (χ3v) is 1.40. The van der Waals surface area contributed by atoms with Gasteiger partial charge in [0.1, 0.15) is 5.82 Å². The molecule has 0 amide bonds. The number of hydrogen-bond donors (Lipinski definition) is 2. The van der Waals surface area contributed by atoms with Gasteiger partial charge >= 0.3 is 6.18 Å².